The molecule has 208 valence electrons. The number of fused-ring (bicyclic) bond motifs is 1. The Hall–Kier alpha value is -2.33. The minimum Gasteiger partial charge on any atom is -0.495 e. The molecule has 3 heterocycles. The summed E-state index contributed by atoms with van der Waals surface area (Å²) in [4.78, 5) is 29.9. The highest BCUT2D eigenvalue weighted by Crippen LogP contribution is 2.39. The number of hydrogen-bond donors (Lipinski definition) is 2. The number of pyridine rings is 1. The number of halogens is 1. The Morgan fingerprint density at radius 3 is 2.68 bits per heavy atom. The van der Waals surface area contributed by atoms with Gasteiger partial charge in [-0.05, 0) is 45.6 Å². The van der Waals surface area contributed by atoms with Gasteiger partial charge in [-0.25, -0.2) is 4.98 Å². The molecule has 0 bridgehead atoms. The van der Waals surface area contributed by atoms with Crippen molar-refractivity contribution in [3.05, 3.63) is 41.7 Å². The first-order valence-electron chi connectivity index (χ1n) is 12.8. The molecule has 38 heavy (non-hydrogen) atoms. The average molecular weight is 566 g/mol. The number of anilines is 1. The number of hydrogen-bond acceptors (Lipinski definition) is 7. The van der Waals surface area contributed by atoms with E-state index in [0.717, 1.165) is 68.2 Å². The Bertz CT molecular complexity index is 1280. The highest BCUT2D eigenvalue weighted by atomic mass is 35.5. The number of methoxy groups -OCH3 is 1. The Morgan fingerprint density at radius 2 is 1.95 bits per heavy atom. The van der Waals surface area contributed by atoms with E-state index in [2.05, 4.69) is 26.8 Å². The van der Waals surface area contributed by atoms with E-state index in [9.17, 15) is 14.4 Å². The van der Waals surface area contributed by atoms with E-state index in [0.29, 0.717) is 29.7 Å². The number of ether oxygens (including phenoxy) is 2. The summed E-state index contributed by atoms with van der Waals surface area (Å²) in [5.74, 6) is 1.23. The first-order chi connectivity index (χ1) is 18.1. The summed E-state index contributed by atoms with van der Waals surface area (Å²) < 4.78 is 24.8. The molecule has 10 nitrogen and oxygen atoms in total. The summed E-state index contributed by atoms with van der Waals surface area (Å²) in [5, 5.41) is 0.494. The second kappa shape index (κ2) is 12.7. The van der Waals surface area contributed by atoms with Gasteiger partial charge in [-0.2, -0.15) is 0 Å². The monoisotopic (exact) mass is 565 g/mol. The van der Waals surface area contributed by atoms with Gasteiger partial charge in [0.2, 0.25) is 0 Å². The lowest BCUT2D eigenvalue weighted by Crippen LogP contribution is -2.32. The van der Waals surface area contributed by atoms with Crippen molar-refractivity contribution in [2.45, 2.75) is 12.8 Å². The lowest BCUT2D eigenvalue weighted by atomic mass is 10.1. The van der Waals surface area contributed by atoms with Crippen molar-refractivity contribution >= 4 is 30.5 Å². The maximum atomic E-state index is 11.3. The van der Waals surface area contributed by atoms with Crippen LogP contribution in [0, 0.1) is 0 Å². The molecule has 2 aromatic heterocycles. The molecule has 4 rings (SSSR count). The maximum Gasteiger partial charge on any atom is 0.326 e. The smallest absolute Gasteiger partial charge is 0.326 e. The largest absolute Gasteiger partial charge is 0.495 e. The number of imidazole rings is 1. The van der Waals surface area contributed by atoms with Crippen LogP contribution in [0.15, 0.2) is 36.7 Å². The van der Waals surface area contributed by atoms with Crippen LogP contribution in [0.4, 0.5) is 5.69 Å². The van der Waals surface area contributed by atoms with Crippen LogP contribution < -0.4 is 14.4 Å². The van der Waals surface area contributed by atoms with E-state index in [1.54, 1.807) is 7.11 Å². The van der Waals surface area contributed by atoms with Crippen LogP contribution in [0.5, 0.6) is 11.5 Å². The lowest BCUT2D eigenvalue weighted by molar-refractivity contribution is 0.281. The predicted octanol–water partition coefficient (Wildman–Crippen LogP) is 3.68. The molecule has 0 unspecified atom stereocenters. The molecule has 0 aliphatic carbocycles. The van der Waals surface area contributed by atoms with Gasteiger partial charge in [0, 0.05) is 68.5 Å². The zero-order valence-electron chi connectivity index (χ0n) is 22.2. The molecule has 0 radical (unpaired) electrons. The summed E-state index contributed by atoms with van der Waals surface area (Å²) in [6.45, 7) is 5.12. The molecule has 1 saturated heterocycles. The minimum absolute atomic E-state index is 0.105. The van der Waals surface area contributed by atoms with Gasteiger partial charge in [0.05, 0.1) is 30.6 Å². The van der Waals surface area contributed by atoms with Gasteiger partial charge in [-0.3, -0.25) is 4.57 Å². The second-order valence-corrected chi connectivity index (χ2v) is 12.0. The van der Waals surface area contributed by atoms with Crippen molar-refractivity contribution in [2.75, 3.05) is 78.1 Å². The first-order valence-corrected chi connectivity index (χ1v) is 15.0. The number of nitrogens with zero attached hydrogens (tertiary/aromatic N) is 5. The Kier molecular flexibility index (Phi) is 9.57. The standard InChI is InChI=1S/C26H37ClN5O5P/c1-29(2)7-5-14-37-24-18-25(36-3)22(27)17-21(24)23-19-32-10-6-20(16-26(32)28-23)31-9-4-8-30(11-12-31)13-15-38(33,34)35/h6,10,16-19H,4-5,7-9,11-15H2,1-3H3,(H2,33,34,35). The Morgan fingerprint density at radius 1 is 1.13 bits per heavy atom. The van der Waals surface area contributed by atoms with Crippen molar-refractivity contribution in [3.8, 4) is 22.8 Å². The van der Waals surface area contributed by atoms with Gasteiger partial charge < -0.3 is 38.4 Å². The summed E-state index contributed by atoms with van der Waals surface area (Å²) in [6.07, 6.45) is 5.67. The molecule has 0 saturated carbocycles. The molecule has 1 aliphatic rings. The molecular formula is C26H37ClN5O5P. The fraction of sp³-hybridized carbons (Fsp3) is 0.500. The van der Waals surface area contributed by atoms with E-state index in [1.807, 2.05) is 43.0 Å². The topological polar surface area (TPSA) is 103 Å². The van der Waals surface area contributed by atoms with Crippen LogP contribution in [0.3, 0.4) is 0 Å². The predicted molar refractivity (Wildman–Crippen MR) is 151 cm³/mol. The SMILES string of the molecule is COc1cc(OCCCN(C)C)c(-c2cn3ccc(N4CCCN(CCP(=O)(O)O)CC4)cc3n2)cc1Cl. The van der Waals surface area contributed by atoms with Gasteiger partial charge in [-0.15, -0.1) is 0 Å². The molecule has 3 aromatic rings. The second-order valence-electron chi connectivity index (χ2n) is 9.84. The molecule has 1 fully saturated rings. The van der Waals surface area contributed by atoms with Gasteiger partial charge in [0.1, 0.15) is 17.1 Å². The van der Waals surface area contributed by atoms with E-state index >= 15 is 0 Å². The summed E-state index contributed by atoms with van der Waals surface area (Å²) >= 11 is 6.48. The van der Waals surface area contributed by atoms with Crippen molar-refractivity contribution in [3.63, 3.8) is 0 Å². The fourth-order valence-corrected chi connectivity index (χ4v) is 5.38. The van der Waals surface area contributed by atoms with Crippen LogP contribution >= 0.6 is 19.2 Å². The highest BCUT2D eigenvalue weighted by molar-refractivity contribution is 7.51. The minimum atomic E-state index is -3.99. The van der Waals surface area contributed by atoms with Crippen LogP contribution in [0.2, 0.25) is 5.02 Å². The van der Waals surface area contributed by atoms with Crippen LogP contribution in [0.25, 0.3) is 16.9 Å². The van der Waals surface area contributed by atoms with E-state index < -0.39 is 7.60 Å². The molecular weight excluding hydrogens is 529 g/mol. The zero-order valence-corrected chi connectivity index (χ0v) is 23.9. The molecule has 0 atom stereocenters. The van der Waals surface area contributed by atoms with E-state index in [1.165, 1.54) is 0 Å². The van der Waals surface area contributed by atoms with Gasteiger partial charge in [0.25, 0.3) is 0 Å². The van der Waals surface area contributed by atoms with E-state index in [4.69, 9.17) is 26.1 Å². The lowest BCUT2D eigenvalue weighted by Gasteiger charge is -2.23. The summed E-state index contributed by atoms with van der Waals surface area (Å²) in [7, 11) is 1.67. The fourth-order valence-electron chi connectivity index (χ4n) is 4.60. The highest BCUT2D eigenvalue weighted by Gasteiger charge is 2.20. The molecule has 12 heteroatoms. The van der Waals surface area contributed by atoms with Gasteiger partial charge in [0.15, 0.2) is 0 Å². The average Bonchev–Trinajstić information content (AvgIpc) is 3.14. The molecule has 1 aliphatic heterocycles. The Labute approximate surface area is 228 Å². The third-order valence-electron chi connectivity index (χ3n) is 6.64. The number of rotatable bonds is 11. The van der Waals surface area contributed by atoms with Crippen molar-refractivity contribution in [2.24, 2.45) is 0 Å². The Balaban J connectivity index is 1.53. The summed E-state index contributed by atoms with van der Waals surface area (Å²) in [5.41, 5.74) is 3.44. The van der Waals surface area contributed by atoms with Crippen molar-refractivity contribution in [1.29, 1.82) is 0 Å². The maximum absolute atomic E-state index is 11.3. The normalized spacial score (nSPS) is 15.3. The van der Waals surface area contributed by atoms with Crippen LogP contribution in [-0.2, 0) is 4.57 Å². The first kappa shape index (κ1) is 28.7. The zero-order chi connectivity index (χ0) is 27.3. The van der Waals surface area contributed by atoms with Crippen LogP contribution in [0.1, 0.15) is 12.8 Å². The van der Waals surface area contributed by atoms with Crippen molar-refractivity contribution < 1.29 is 23.8 Å². The number of benzene rings is 1. The quantitative estimate of drug-likeness (QED) is 0.266. The third kappa shape index (κ3) is 7.62. The molecule has 0 amide bonds. The van der Waals surface area contributed by atoms with E-state index in [-0.39, 0.29) is 6.16 Å². The molecule has 2 N–H and O–H groups in total. The molecule has 1 aromatic carbocycles. The number of aromatic nitrogens is 2. The van der Waals surface area contributed by atoms with Crippen molar-refractivity contribution in [1.82, 2.24) is 19.2 Å². The van der Waals surface area contributed by atoms with Crippen LogP contribution in [-0.4, -0.2) is 102 Å². The molecule has 0 spiro atoms. The van der Waals surface area contributed by atoms with Gasteiger partial charge in [-0.1, -0.05) is 11.6 Å². The summed E-state index contributed by atoms with van der Waals surface area (Å²) in [6, 6.07) is 7.80. The van der Waals surface area contributed by atoms with Gasteiger partial charge >= 0.3 is 7.60 Å². The third-order valence-corrected chi connectivity index (χ3v) is 7.72.